The number of Topliss-reactive ketones (excluding diaryl/α,β-unsaturated/α-hetero) is 1. The Kier molecular flexibility index (Phi) is 11.4. The van der Waals surface area contributed by atoms with Crippen molar-refractivity contribution in [3.8, 4) is 16.5 Å². The first-order valence-corrected chi connectivity index (χ1v) is 20.6. The van der Waals surface area contributed by atoms with E-state index in [1.807, 2.05) is 47.9 Å². The molecule has 1 saturated heterocycles. The molecular formula is C39H47FN4O7S2. The quantitative estimate of drug-likeness (QED) is 0.228. The van der Waals surface area contributed by atoms with Crippen molar-refractivity contribution in [2.75, 3.05) is 11.9 Å². The summed E-state index contributed by atoms with van der Waals surface area (Å²) < 4.78 is 41.0. The lowest BCUT2D eigenvalue weighted by Gasteiger charge is -2.29. The predicted molar refractivity (Wildman–Crippen MR) is 201 cm³/mol. The van der Waals surface area contributed by atoms with Crippen molar-refractivity contribution in [3.63, 3.8) is 0 Å². The number of ketones is 1. The average molecular weight is 767 g/mol. The molecule has 2 aliphatic carbocycles. The van der Waals surface area contributed by atoms with E-state index in [0.29, 0.717) is 23.7 Å². The predicted octanol–water partition coefficient (Wildman–Crippen LogP) is 6.48. The number of nitrogens with zero attached hydrogens (tertiary/aromatic N) is 2. The fourth-order valence-corrected chi connectivity index (χ4v) is 8.57. The zero-order valence-electron chi connectivity index (χ0n) is 30.0. The van der Waals surface area contributed by atoms with Gasteiger partial charge in [0.25, 0.3) is 5.19 Å². The largest absolute Gasteiger partial charge is 0.481 e. The summed E-state index contributed by atoms with van der Waals surface area (Å²) >= 11 is 1.35. The summed E-state index contributed by atoms with van der Waals surface area (Å²) in [4.78, 5) is 46.9. The van der Waals surface area contributed by atoms with Crippen LogP contribution in [-0.4, -0.2) is 70.5 Å². The average Bonchev–Trinajstić information content (AvgIpc) is 3.90. The lowest BCUT2D eigenvalue weighted by atomic mass is 9.92. The van der Waals surface area contributed by atoms with E-state index >= 15 is 0 Å². The maximum Gasteiger partial charge on any atom is 0.310 e. The third-order valence-corrected chi connectivity index (χ3v) is 13.4. The van der Waals surface area contributed by atoms with Crippen LogP contribution in [0.15, 0.2) is 66.1 Å². The highest BCUT2D eigenvalue weighted by atomic mass is 32.2. The third kappa shape index (κ3) is 9.15. The number of benzene rings is 2. The molecule has 3 fully saturated rings. The van der Waals surface area contributed by atoms with Crippen LogP contribution in [0.1, 0.15) is 76.7 Å². The number of thiazole rings is 1. The van der Waals surface area contributed by atoms with Gasteiger partial charge in [0.15, 0.2) is 5.78 Å². The Labute approximate surface area is 313 Å². The van der Waals surface area contributed by atoms with Gasteiger partial charge in [-0.3, -0.25) is 14.4 Å². The number of aromatic nitrogens is 1. The van der Waals surface area contributed by atoms with Gasteiger partial charge in [0, 0.05) is 29.5 Å². The van der Waals surface area contributed by atoms with Gasteiger partial charge in [-0.05, 0) is 82.1 Å². The first-order valence-electron chi connectivity index (χ1n) is 18.1. The summed E-state index contributed by atoms with van der Waals surface area (Å²) in [6.07, 6.45) is 9.33. The number of primary sulfonamides is 1. The SMILES string of the molecule is CC1(S(N)(=O)=O)CC1.Cc1cc(F)cc(N[C@H]2CCCCC/C=C\[C@@H]3C[C@@]3(C(=O)O)CC(=O)[C@@H]3C[C@@H](Oc4nc(-c5ccccc5)cs4)CN3C2=O)c1. The maximum absolute atomic E-state index is 14.3. The number of carbonyl (C=O) groups excluding carboxylic acids is 2. The van der Waals surface area contributed by atoms with Gasteiger partial charge >= 0.3 is 5.97 Å². The molecule has 2 aliphatic heterocycles. The summed E-state index contributed by atoms with van der Waals surface area (Å²) in [5.74, 6) is -2.11. The molecule has 14 heteroatoms. The van der Waals surface area contributed by atoms with E-state index in [1.165, 1.54) is 23.5 Å². The Morgan fingerprint density at radius 3 is 2.55 bits per heavy atom. The molecule has 2 saturated carbocycles. The van der Waals surface area contributed by atoms with E-state index in [9.17, 15) is 32.3 Å². The monoisotopic (exact) mass is 766 g/mol. The zero-order chi connectivity index (χ0) is 38.0. The molecule has 4 aliphatic rings. The second-order valence-corrected chi connectivity index (χ2v) is 17.9. The number of carboxylic acids is 1. The molecular weight excluding hydrogens is 720 g/mol. The molecule has 7 rings (SSSR count). The second-order valence-electron chi connectivity index (χ2n) is 15.0. The lowest BCUT2D eigenvalue weighted by Crippen LogP contribution is -2.48. The minimum atomic E-state index is -3.23. The first kappa shape index (κ1) is 38.6. The van der Waals surface area contributed by atoms with Crippen LogP contribution in [0, 0.1) is 24.1 Å². The highest BCUT2D eigenvalue weighted by Gasteiger charge is 2.61. The number of hydrogen-bond acceptors (Lipinski definition) is 9. The van der Waals surface area contributed by atoms with Gasteiger partial charge in [-0.25, -0.2) is 22.9 Å². The summed E-state index contributed by atoms with van der Waals surface area (Å²) in [5, 5.41) is 20.6. The van der Waals surface area contributed by atoms with E-state index in [0.717, 1.165) is 55.3 Å². The van der Waals surface area contributed by atoms with E-state index in [1.54, 1.807) is 24.8 Å². The third-order valence-electron chi connectivity index (χ3n) is 10.8. The number of halogens is 1. The van der Waals surface area contributed by atoms with Crippen LogP contribution in [0.5, 0.6) is 5.19 Å². The van der Waals surface area contributed by atoms with Crippen LogP contribution in [0.3, 0.4) is 0 Å². The number of allylic oxidation sites excluding steroid dienone is 2. The number of sulfonamides is 1. The maximum atomic E-state index is 14.3. The number of anilines is 1. The van der Waals surface area contributed by atoms with E-state index in [2.05, 4.69) is 10.3 Å². The highest BCUT2D eigenvalue weighted by Crippen LogP contribution is 2.57. The number of carbonyl (C=O) groups is 3. The van der Waals surface area contributed by atoms with Crippen LogP contribution < -0.4 is 15.2 Å². The van der Waals surface area contributed by atoms with Crippen LogP contribution in [-0.2, 0) is 24.4 Å². The minimum absolute atomic E-state index is 0.144. The van der Waals surface area contributed by atoms with E-state index < -0.39 is 50.2 Å². The summed E-state index contributed by atoms with van der Waals surface area (Å²) in [7, 11) is -3.23. The molecule has 1 aromatic heterocycles. The van der Waals surface area contributed by atoms with Gasteiger partial charge in [0.05, 0.1) is 28.4 Å². The number of nitrogens with two attached hydrogens (primary N) is 1. The normalized spacial score (nSPS) is 27.5. The van der Waals surface area contributed by atoms with Gasteiger partial charge < -0.3 is 20.1 Å². The Bertz CT molecular complexity index is 1950. The van der Waals surface area contributed by atoms with Crippen molar-refractivity contribution >= 4 is 44.7 Å². The molecule has 3 aromatic rings. The number of ether oxygens (including phenoxy) is 1. The Morgan fingerprint density at radius 2 is 1.89 bits per heavy atom. The smallest absolute Gasteiger partial charge is 0.310 e. The summed E-state index contributed by atoms with van der Waals surface area (Å²) in [6, 6.07) is 12.8. The fourth-order valence-electron chi connectivity index (χ4n) is 7.15. The molecule has 11 nitrogen and oxygen atoms in total. The molecule has 3 heterocycles. The number of carboxylic acid groups (broad SMARTS) is 1. The van der Waals surface area contributed by atoms with Crippen molar-refractivity contribution in [3.05, 3.63) is 77.4 Å². The van der Waals surface area contributed by atoms with Crippen molar-refractivity contribution in [2.24, 2.45) is 16.5 Å². The highest BCUT2D eigenvalue weighted by molar-refractivity contribution is 7.90. The first-order chi connectivity index (χ1) is 25.2. The number of aryl methyl sites for hydroxylation is 1. The zero-order valence-corrected chi connectivity index (χ0v) is 31.6. The number of fused-ring (bicyclic) bond motifs is 2. The molecule has 1 amide bonds. The number of rotatable bonds is 7. The summed E-state index contributed by atoms with van der Waals surface area (Å²) in [6.45, 7) is 3.63. The standard InChI is InChI=1S/C35H38FN3O5S.C4H9NO2S/c1-22-14-25(36)16-26(15-22)37-28-13-9-4-2-3-8-12-24-18-35(24,33(42)43)19-31(40)30-17-27(20-39(30)32(28)41)44-34-38-29(21-45-34)23-10-6-5-7-11-23;1-4(2-3-4)8(5,6)7/h5-8,10-12,14-16,21,24,27-28,30,37H,2-4,9,13,17-20H2,1H3,(H,42,43);2-3H2,1H3,(H2,5,6,7)/b12-8-;/t24-,27-,28+,30+,35-;/m1./s1. The van der Waals surface area contributed by atoms with Crippen molar-refractivity contribution in [2.45, 2.75) is 101 Å². The van der Waals surface area contributed by atoms with Gasteiger partial charge in [-0.15, -0.1) is 0 Å². The number of amides is 1. The van der Waals surface area contributed by atoms with Crippen LogP contribution in [0.2, 0.25) is 0 Å². The van der Waals surface area contributed by atoms with Gasteiger partial charge in [0.1, 0.15) is 18.0 Å². The van der Waals surface area contributed by atoms with E-state index in [4.69, 9.17) is 9.88 Å². The number of nitrogens with one attached hydrogen (secondary N) is 1. The molecule has 0 unspecified atom stereocenters. The molecule has 284 valence electrons. The number of aliphatic carboxylic acids is 1. The topological polar surface area (TPSA) is 169 Å². The minimum Gasteiger partial charge on any atom is -0.481 e. The molecule has 0 radical (unpaired) electrons. The van der Waals surface area contributed by atoms with Crippen LogP contribution in [0.4, 0.5) is 10.1 Å². The number of hydrogen-bond donors (Lipinski definition) is 3. The molecule has 0 spiro atoms. The second kappa shape index (κ2) is 15.7. The molecule has 4 N–H and O–H groups in total. The van der Waals surface area contributed by atoms with Gasteiger partial charge in [0.2, 0.25) is 15.9 Å². The van der Waals surface area contributed by atoms with Gasteiger partial charge in [-0.2, -0.15) is 0 Å². The van der Waals surface area contributed by atoms with Gasteiger partial charge in [-0.1, -0.05) is 66.7 Å². The Morgan fingerprint density at radius 1 is 1.13 bits per heavy atom. The molecule has 0 bridgehead atoms. The van der Waals surface area contributed by atoms with Crippen LogP contribution in [0.25, 0.3) is 11.3 Å². The fraction of sp³-hybridized carbons (Fsp3) is 0.487. The van der Waals surface area contributed by atoms with E-state index in [-0.39, 0.29) is 37.0 Å². The Balaban J connectivity index is 0.000000533. The lowest BCUT2D eigenvalue weighted by molar-refractivity contribution is -0.147. The van der Waals surface area contributed by atoms with Crippen molar-refractivity contribution < 1.29 is 37.0 Å². The summed E-state index contributed by atoms with van der Waals surface area (Å²) in [5.41, 5.74) is 1.83. The molecule has 2 aromatic carbocycles. The van der Waals surface area contributed by atoms with Crippen molar-refractivity contribution in [1.82, 2.24) is 9.88 Å². The van der Waals surface area contributed by atoms with Crippen molar-refractivity contribution in [1.29, 1.82) is 0 Å². The molecule has 5 atom stereocenters. The molecule has 53 heavy (non-hydrogen) atoms. The Hall–Kier alpha value is -4.14. The van der Waals surface area contributed by atoms with Crippen LogP contribution >= 0.6 is 11.3 Å².